The molecule has 0 spiro atoms. The molecule has 1 amide bonds. The molecule has 0 aliphatic heterocycles. The van der Waals surface area contributed by atoms with Gasteiger partial charge in [0.05, 0.1) is 31.1 Å². The summed E-state index contributed by atoms with van der Waals surface area (Å²) in [7, 11) is -4.03. The topological polar surface area (TPSA) is 227 Å². The zero-order valence-corrected chi connectivity index (χ0v) is 35.6. The summed E-state index contributed by atoms with van der Waals surface area (Å²) in [6, 6.07) is 27.3. The quantitative estimate of drug-likeness (QED) is 0.0213. The number of carbonyl (C=O) groups is 3. The number of aliphatic hydroxyl groups is 2. The van der Waals surface area contributed by atoms with E-state index in [1.165, 1.54) is 17.7 Å². The Morgan fingerprint density at radius 2 is 1.45 bits per heavy atom. The van der Waals surface area contributed by atoms with Gasteiger partial charge >= 0.3 is 19.8 Å². The number of hydrogen-bond donors (Lipinski definition) is 5. The standard InChI is InChI=1S/C47H55N2O12P/c1-47-25-24-34-33-15-13-32(61-62(56,57-27-29-8-4-2-5-9-29)58-28-30-10-6-3-7-11-30)26-31(33)12-14-35(34)36(47)16-21-41(47)60-43(53)23-19-39(51)38(50)18-22-42(52)59-40-20-17-37(48)45(54)44(40)46(49)55/h2-11,13,15,17,20,26,34-36,38-39,41,50-51,54H,12,14,16,18-19,21-25,27-28,48H2,1H3,(H2,49,55). The molecule has 330 valence electrons. The molecule has 2 saturated carbocycles. The van der Waals surface area contributed by atoms with E-state index in [0.717, 1.165) is 55.2 Å². The summed E-state index contributed by atoms with van der Waals surface area (Å²) in [5.41, 5.74) is 14.2. The number of phenols is 1. The Kier molecular flexibility index (Phi) is 14.0. The van der Waals surface area contributed by atoms with Crippen LogP contribution < -0.4 is 20.7 Å². The number of esters is 2. The molecule has 7 unspecified atom stereocenters. The number of anilines is 1. The van der Waals surface area contributed by atoms with Gasteiger partial charge in [0.1, 0.15) is 23.2 Å². The fraction of sp³-hybridized carbons (Fsp3) is 0.426. The largest absolute Gasteiger partial charge is 0.530 e. The van der Waals surface area contributed by atoms with Crippen molar-refractivity contribution in [2.24, 2.45) is 23.0 Å². The zero-order valence-electron chi connectivity index (χ0n) is 34.7. The highest BCUT2D eigenvalue weighted by atomic mass is 31.2. The molecule has 15 heteroatoms. The molecule has 0 saturated heterocycles. The number of rotatable bonds is 18. The van der Waals surface area contributed by atoms with Gasteiger partial charge in [-0.2, -0.15) is 0 Å². The van der Waals surface area contributed by atoms with Crippen LogP contribution in [0, 0.1) is 17.3 Å². The van der Waals surface area contributed by atoms with Gasteiger partial charge in [0.15, 0.2) is 5.75 Å². The predicted molar refractivity (Wildman–Crippen MR) is 229 cm³/mol. The summed E-state index contributed by atoms with van der Waals surface area (Å²) in [6.07, 6.45) is 1.65. The molecule has 4 aromatic rings. The van der Waals surface area contributed by atoms with Crippen LogP contribution >= 0.6 is 7.82 Å². The van der Waals surface area contributed by atoms with Crippen molar-refractivity contribution in [1.82, 2.24) is 0 Å². The van der Waals surface area contributed by atoms with Crippen LogP contribution in [0.1, 0.15) is 103 Å². The zero-order chi connectivity index (χ0) is 44.0. The van der Waals surface area contributed by atoms with Gasteiger partial charge in [-0.3, -0.25) is 23.4 Å². The number of aliphatic hydroxyl groups excluding tert-OH is 2. The second-order valence-corrected chi connectivity index (χ2v) is 18.5. The Morgan fingerprint density at radius 3 is 2.08 bits per heavy atom. The highest BCUT2D eigenvalue weighted by Gasteiger charge is 2.56. The smallest absolute Gasteiger partial charge is 0.505 e. The van der Waals surface area contributed by atoms with Gasteiger partial charge in [-0.05, 0) is 116 Å². The van der Waals surface area contributed by atoms with E-state index in [4.69, 9.17) is 34.5 Å². The van der Waals surface area contributed by atoms with Crippen LogP contribution in [0.25, 0.3) is 0 Å². The molecule has 14 nitrogen and oxygen atoms in total. The molecule has 7 rings (SSSR count). The van der Waals surface area contributed by atoms with Crippen LogP contribution in [0.3, 0.4) is 0 Å². The molecule has 7 N–H and O–H groups in total. The Bertz CT molecular complexity index is 2230. The molecular formula is C47H55N2O12P. The third kappa shape index (κ3) is 10.3. The van der Waals surface area contributed by atoms with Gasteiger partial charge in [0.2, 0.25) is 0 Å². The van der Waals surface area contributed by atoms with E-state index in [1.54, 1.807) is 0 Å². The minimum atomic E-state index is -4.03. The number of nitrogens with two attached hydrogens (primary N) is 2. The van der Waals surface area contributed by atoms with Gasteiger partial charge in [0.25, 0.3) is 5.91 Å². The average molecular weight is 871 g/mol. The van der Waals surface area contributed by atoms with Crippen LogP contribution in [-0.4, -0.2) is 51.5 Å². The minimum absolute atomic E-state index is 0.0627. The third-order valence-corrected chi connectivity index (χ3v) is 14.3. The molecule has 0 radical (unpaired) electrons. The summed E-state index contributed by atoms with van der Waals surface area (Å²) >= 11 is 0. The summed E-state index contributed by atoms with van der Waals surface area (Å²) in [4.78, 5) is 37.4. The highest BCUT2D eigenvalue weighted by Crippen LogP contribution is 2.62. The van der Waals surface area contributed by atoms with E-state index in [9.17, 15) is 34.3 Å². The molecule has 2 fully saturated rings. The number of phosphoric ester groups is 1. The summed E-state index contributed by atoms with van der Waals surface area (Å²) in [5.74, 6) is -1.71. The number of benzene rings is 4. The maximum Gasteiger partial charge on any atom is 0.530 e. The molecule has 0 aromatic heterocycles. The number of primary amides is 1. The van der Waals surface area contributed by atoms with E-state index < -0.39 is 49.2 Å². The van der Waals surface area contributed by atoms with Crippen LogP contribution in [0.15, 0.2) is 91.0 Å². The fourth-order valence-electron chi connectivity index (χ4n) is 9.66. The number of aromatic hydroxyl groups is 1. The lowest BCUT2D eigenvalue weighted by Gasteiger charge is -2.50. The van der Waals surface area contributed by atoms with E-state index in [2.05, 4.69) is 13.0 Å². The second-order valence-electron chi connectivity index (χ2n) is 16.9. The van der Waals surface area contributed by atoms with Gasteiger partial charge in [-0.1, -0.05) is 73.7 Å². The number of ether oxygens (including phenoxy) is 2. The normalized spacial score (nSPS) is 22.6. The van der Waals surface area contributed by atoms with Gasteiger partial charge in [0, 0.05) is 18.3 Å². The van der Waals surface area contributed by atoms with Gasteiger partial charge in [-0.25, -0.2) is 4.57 Å². The van der Waals surface area contributed by atoms with E-state index in [1.807, 2.05) is 72.8 Å². The van der Waals surface area contributed by atoms with Crippen LogP contribution in [0.2, 0.25) is 0 Å². The van der Waals surface area contributed by atoms with Crippen molar-refractivity contribution in [2.75, 3.05) is 5.73 Å². The number of hydrogen-bond acceptors (Lipinski definition) is 13. The maximum absolute atomic E-state index is 14.1. The van der Waals surface area contributed by atoms with Crippen LogP contribution in [0.5, 0.6) is 17.2 Å². The molecule has 7 atom stereocenters. The van der Waals surface area contributed by atoms with Crippen molar-refractivity contribution in [3.63, 3.8) is 0 Å². The van der Waals surface area contributed by atoms with E-state index in [-0.39, 0.29) is 61.9 Å². The summed E-state index contributed by atoms with van der Waals surface area (Å²) in [5, 5.41) is 31.2. The van der Waals surface area contributed by atoms with Gasteiger partial charge in [-0.15, -0.1) is 0 Å². The second kappa shape index (κ2) is 19.4. The van der Waals surface area contributed by atoms with Crippen molar-refractivity contribution in [3.05, 3.63) is 119 Å². The number of fused-ring (bicyclic) bond motifs is 5. The number of phosphoric acid groups is 1. The Labute approximate surface area is 361 Å². The number of nitrogen functional groups attached to an aromatic ring is 1. The Hall–Kier alpha value is -5.24. The maximum atomic E-state index is 14.1. The predicted octanol–water partition coefficient (Wildman–Crippen LogP) is 7.65. The summed E-state index contributed by atoms with van der Waals surface area (Å²) < 4.78 is 43.2. The Balaban J connectivity index is 0.905. The first-order valence-corrected chi connectivity index (χ1v) is 22.7. The van der Waals surface area contributed by atoms with E-state index in [0.29, 0.717) is 23.5 Å². The van der Waals surface area contributed by atoms with Crippen LogP contribution in [-0.2, 0) is 47.6 Å². The monoisotopic (exact) mass is 870 g/mol. The number of aryl methyl sites for hydroxylation is 1. The van der Waals surface area contributed by atoms with Crippen molar-refractivity contribution >= 4 is 31.4 Å². The van der Waals surface area contributed by atoms with Crippen molar-refractivity contribution < 1.29 is 57.3 Å². The van der Waals surface area contributed by atoms with Gasteiger partial charge < -0.3 is 40.8 Å². The average Bonchev–Trinajstić information content (AvgIpc) is 3.60. The SMILES string of the molecule is CC12CCC3c4ccc(OP(=O)(OCc5ccccc5)OCc5ccccc5)cc4CCC3C1CCC2OC(=O)CCC(O)C(O)CCC(=O)Oc1ccc(N)c(O)c1C(N)=O. The molecule has 4 aromatic carbocycles. The fourth-order valence-corrected chi connectivity index (χ4v) is 10.8. The molecule has 3 aliphatic rings. The number of carbonyl (C=O) groups excluding carboxylic acids is 3. The first kappa shape index (κ1) is 44.8. The minimum Gasteiger partial charge on any atom is -0.505 e. The molecule has 3 aliphatic carbocycles. The lowest BCUT2D eigenvalue weighted by molar-refractivity contribution is -0.158. The lowest BCUT2D eigenvalue weighted by Crippen LogP contribution is -2.45. The first-order valence-electron chi connectivity index (χ1n) is 21.2. The van der Waals surface area contributed by atoms with Crippen molar-refractivity contribution in [1.29, 1.82) is 0 Å². The third-order valence-electron chi connectivity index (χ3n) is 12.9. The molecule has 0 bridgehead atoms. The molecular weight excluding hydrogens is 815 g/mol. The lowest BCUT2D eigenvalue weighted by atomic mass is 9.55. The first-order chi connectivity index (χ1) is 29.7. The highest BCUT2D eigenvalue weighted by molar-refractivity contribution is 7.48. The van der Waals surface area contributed by atoms with Crippen molar-refractivity contribution in [3.8, 4) is 17.2 Å². The van der Waals surface area contributed by atoms with Crippen LogP contribution in [0.4, 0.5) is 5.69 Å². The van der Waals surface area contributed by atoms with Crippen molar-refractivity contribution in [2.45, 2.75) is 109 Å². The molecule has 62 heavy (non-hydrogen) atoms. The van der Waals surface area contributed by atoms with E-state index >= 15 is 0 Å². The number of amides is 1. The summed E-state index contributed by atoms with van der Waals surface area (Å²) in [6.45, 7) is 2.35. The Morgan fingerprint density at radius 1 is 0.823 bits per heavy atom. The molecule has 0 heterocycles.